The van der Waals surface area contributed by atoms with Gasteiger partial charge < -0.3 is 20.3 Å². The van der Waals surface area contributed by atoms with Gasteiger partial charge in [0.15, 0.2) is 0 Å². The second kappa shape index (κ2) is 10.1. The summed E-state index contributed by atoms with van der Waals surface area (Å²) in [4.78, 5) is 29.0. The summed E-state index contributed by atoms with van der Waals surface area (Å²) >= 11 is 1.70. The van der Waals surface area contributed by atoms with Gasteiger partial charge in [-0.1, -0.05) is 6.07 Å². The number of carbonyl (C=O) groups excluding carboxylic acids is 2. The highest BCUT2D eigenvalue weighted by Crippen LogP contribution is 2.19. The average Bonchev–Trinajstić information content (AvgIpc) is 3.22. The van der Waals surface area contributed by atoms with Gasteiger partial charge in [-0.25, -0.2) is 4.79 Å². The van der Waals surface area contributed by atoms with Gasteiger partial charge in [-0.05, 0) is 42.1 Å². The van der Waals surface area contributed by atoms with E-state index in [0.29, 0.717) is 13.1 Å². The summed E-state index contributed by atoms with van der Waals surface area (Å²) in [6.45, 7) is 4.30. The molecule has 0 spiro atoms. The van der Waals surface area contributed by atoms with E-state index in [-0.39, 0.29) is 12.0 Å². The number of nitrogens with zero attached hydrogens (tertiary/aromatic N) is 2. The molecule has 2 aromatic rings. The lowest BCUT2D eigenvalue weighted by molar-refractivity contribution is -0.142. The number of anilines is 2. The van der Waals surface area contributed by atoms with Gasteiger partial charge in [0.1, 0.15) is 0 Å². The Balaban J connectivity index is 1.41. The minimum atomic E-state index is -0.197. The Labute approximate surface area is 169 Å². The highest BCUT2D eigenvalue weighted by atomic mass is 32.1. The zero-order valence-electron chi connectivity index (χ0n) is 16.0. The molecule has 0 unspecified atom stereocenters. The second-order valence-corrected chi connectivity index (χ2v) is 7.63. The van der Waals surface area contributed by atoms with Crippen LogP contribution in [0.4, 0.5) is 16.2 Å². The Morgan fingerprint density at radius 1 is 1.11 bits per heavy atom. The van der Waals surface area contributed by atoms with E-state index in [1.54, 1.807) is 11.3 Å². The van der Waals surface area contributed by atoms with Crippen LogP contribution in [0.15, 0.2) is 41.8 Å². The molecule has 0 saturated carbocycles. The summed E-state index contributed by atoms with van der Waals surface area (Å²) in [7, 11) is 1.41. The Kier molecular flexibility index (Phi) is 7.27. The molecule has 28 heavy (non-hydrogen) atoms. The second-order valence-electron chi connectivity index (χ2n) is 6.60. The van der Waals surface area contributed by atoms with Crippen molar-refractivity contribution in [2.24, 2.45) is 0 Å². The third kappa shape index (κ3) is 5.97. The van der Waals surface area contributed by atoms with Crippen LogP contribution in [0.25, 0.3) is 0 Å². The van der Waals surface area contributed by atoms with E-state index in [2.05, 4.69) is 26.5 Å². The maximum absolute atomic E-state index is 12.0. The molecule has 3 rings (SSSR count). The summed E-state index contributed by atoms with van der Waals surface area (Å²) < 4.78 is 4.72. The van der Waals surface area contributed by atoms with E-state index in [4.69, 9.17) is 4.74 Å². The maximum atomic E-state index is 12.0. The van der Waals surface area contributed by atoms with Crippen LogP contribution in [-0.2, 0) is 16.0 Å². The van der Waals surface area contributed by atoms with Crippen molar-refractivity contribution >= 4 is 34.7 Å². The van der Waals surface area contributed by atoms with Gasteiger partial charge in [0.2, 0.25) is 0 Å². The number of ether oxygens (including phenoxy) is 1. The van der Waals surface area contributed by atoms with E-state index in [1.807, 2.05) is 35.7 Å². The molecule has 150 valence electrons. The van der Waals surface area contributed by atoms with Crippen molar-refractivity contribution in [3.05, 3.63) is 46.7 Å². The number of hydrogen-bond donors (Lipinski definition) is 2. The zero-order chi connectivity index (χ0) is 19.8. The number of urea groups is 1. The molecule has 0 atom stereocenters. The molecule has 0 aliphatic carbocycles. The number of nitrogens with one attached hydrogen (secondary N) is 2. The molecule has 1 aromatic carbocycles. The van der Waals surface area contributed by atoms with Crippen LogP contribution in [0.1, 0.15) is 4.88 Å². The van der Waals surface area contributed by atoms with Crippen LogP contribution in [0, 0.1) is 0 Å². The van der Waals surface area contributed by atoms with Crippen LogP contribution in [0.3, 0.4) is 0 Å². The van der Waals surface area contributed by atoms with E-state index in [9.17, 15) is 9.59 Å². The summed E-state index contributed by atoms with van der Waals surface area (Å²) in [5, 5.41) is 7.78. The van der Waals surface area contributed by atoms with E-state index in [1.165, 1.54) is 12.0 Å². The normalized spacial score (nSPS) is 14.5. The van der Waals surface area contributed by atoms with Crippen LogP contribution in [0.2, 0.25) is 0 Å². The van der Waals surface area contributed by atoms with Crippen molar-refractivity contribution < 1.29 is 14.3 Å². The molecule has 2 heterocycles. The molecule has 1 aliphatic heterocycles. The van der Waals surface area contributed by atoms with Crippen molar-refractivity contribution in [2.75, 3.05) is 56.6 Å². The number of thiophene rings is 1. The minimum Gasteiger partial charge on any atom is -0.468 e. The third-order valence-corrected chi connectivity index (χ3v) is 5.62. The van der Waals surface area contributed by atoms with Gasteiger partial charge in [-0.3, -0.25) is 9.69 Å². The van der Waals surface area contributed by atoms with E-state index >= 15 is 0 Å². The third-order valence-electron chi connectivity index (χ3n) is 4.68. The molecule has 7 nitrogen and oxygen atoms in total. The fraction of sp³-hybridized carbons (Fsp3) is 0.400. The summed E-state index contributed by atoms with van der Waals surface area (Å²) in [5.41, 5.74) is 1.88. The van der Waals surface area contributed by atoms with Gasteiger partial charge in [-0.2, -0.15) is 0 Å². The molecule has 1 saturated heterocycles. The van der Waals surface area contributed by atoms with Crippen molar-refractivity contribution in [2.45, 2.75) is 6.42 Å². The Morgan fingerprint density at radius 3 is 2.50 bits per heavy atom. The number of piperazine rings is 1. The Morgan fingerprint density at radius 2 is 1.86 bits per heavy atom. The van der Waals surface area contributed by atoms with Crippen molar-refractivity contribution in [3.8, 4) is 0 Å². The van der Waals surface area contributed by atoms with Crippen molar-refractivity contribution in [1.82, 2.24) is 10.2 Å². The molecule has 1 aliphatic rings. The molecule has 1 fully saturated rings. The van der Waals surface area contributed by atoms with E-state index in [0.717, 1.165) is 44.0 Å². The van der Waals surface area contributed by atoms with Crippen molar-refractivity contribution in [1.29, 1.82) is 0 Å². The number of esters is 1. The molecule has 2 N–H and O–H groups in total. The number of methoxy groups -OCH3 is 1. The maximum Gasteiger partial charge on any atom is 0.319 e. The lowest BCUT2D eigenvalue weighted by Gasteiger charge is -2.35. The summed E-state index contributed by atoms with van der Waals surface area (Å²) in [5.74, 6) is -0.197. The minimum absolute atomic E-state index is 0.194. The van der Waals surface area contributed by atoms with Gasteiger partial charge in [-0.15, -0.1) is 11.3 Å². The molecule has 0 radical (unpaired) electrons. The Bertz CT molecular complexity index is 756. The lowest BCUT2D eigenvalue weighted by Crippen LogP contribution is -2.48. The number of amides is 2. The first kappa shape index (κ1) is 20.2. The van der Waals surface area contributed by atoms with Crippen LogP contribution < -0.4 is 15.5 Å². The van der Waals surface area contributed by atoms with Gasteiger partial charge in [0.25, 0.3) is 0 Å². The fourth-order valence-electron chi connectivity index (χ4n) is 3.10. The SMILES string of the molecule is COC(=O)CN1CCN(c2ccc(NC(=O)NCCc3cccs3)cc2)CC1. The highest BCUT2D eigenvalue weighted by molar-refractivity contribution is 7.09. The molecule has 8 heteroatoms. The smallest absolute Gasteiger partial charge is 0.319 e. The molecular formula is C20H26N4O3S. The van der Waals surface area contributed by atoms with Crippen LogP contribution >= 0.6 is 11.3 Å². The highest BCUT2D eigenvalue weighted by Gasteiger charge is 2.19. The number of rotatable bonds is 7. The van der Waals surface area contributed by atoms with Gasteiger partial charge in [0, 0.05) is 49.0 Å². The standard InChI is InChI=1S/C20H26N4O3S/c1-27-19(25)15-23-10-12-24(13-11-23)17-6-4-16(5-7-17)22-20(26)21-9-8-18-3-2-14-28-18/h2-7,14H,8-13,15H2,1H3,(H2,21,22,26). The molecule has 0 bridgehead atoms. The van der Waals surface area contributed by atoms with Gasteiger partial charge in [0.05, 0.1) is 13.7 Å². The predicted octanol–water partition coefficient (Wildman–Crippen LogP) is 2.41. The van der Waals surface area contributed by atoms with Gasteiger partial charge >= 0.3 is 12.0 Å². The number of benzene rings is 1. The first-order chi connectivity index (χ1) is 13.6. The van der Waals surface area contributed by atoms with Crippen LogP contribution in [-0.4, -0.2) is 63.3 Å². The fourth-order valence-corrected chi connectivity index (χ4v) is 3.81. The molecule has 1 aromatic heterocycles. The summed E-state index contributed by atoms with van der Waals surface area (Å²) in [6, 6.07) is 11.7. The lowest BCUT2D eigenvalue weighted by atomic mass is 10.2. The average molecular weight is 403 g/mol. The molecular weight excluding hydrogens is 376 g/mol. The first-order valence-electron chi connectivity index (χ1n) is 9.35. The predicted molar refractivity (Wildman–Crippen MR) is 112 cm³/mol. The quantitative estimate of drug-likeness (QED) is 0.696. The van der Waals surface area contributed by atoms with Crippen LogP contribution in [0.5, 0.6) is 0 Å². The summed E-state index contributed by atoms with van der Waals surface area (Å²) in [6.07, 6.45) is 0.839. The largest absolute Gasteiger partial charge is 0.468 e. The Hall–Kier alpha value is -2.58. The zero-order valence-corrected chi connectivity index (χ0v) is 16.8. The topological polar surface area (TPSA) is 73.9 Å². The monoisotopic (exact) mass is 402 g/mol. The number of hydrogen-bond acceptors (Lipinski definition) is 6. The number of carbonyl (C=O) groups is 2. The first-order valence-corrected chi connectivity index (χ1v) is 10.2. The molecule has 2 amide bonds. The van der Waals surface area contributed by atoms with E-state index < -0.39 is 0 Å². The van der Waals surface area contributed by atoms with Crippen molar-refractivity contribution in [3.63, 3.8) is 0 Å².